The molecule has 1 saturated heterocycles. The van der Waals surface area contributed by atoms with E-state index in [2.05, 4.69) is 10.2 Å². The number of nitrogens with zero attached hydrogens (tertiary/aromatic N) is 2. The van der Waals surface area contributed by atoms with Crippen LogP contribution >= 0.6 is 11.3 Å². The number of amides is 2. The first-order valence-corrected chi connectivity index (χ1v) is 10.5. The fraction of sp³-hybridized carbons (Fsp3) is 0.450. The van der Waals surface area contributed by atoms with Crippen LogP contribution in [0.2, 0.25) is 0 Å². The van der Waals surface area contributed by atoms with Gasteiger partial charge in [-0.25, -0.2) is 4.98 Å². The lowest BCUT2D eigenvalue weighted by Gasteiger charge is -2.25. The normalized spacial score (nSPS) is 18.7. The minimum atomic E-state index is -0.556. The number of hydrogen-bond donors (Lipinski definition) is 2. The number of carbonyl (C=O) groups is 2. The summed E-state index contributed by atoms with van der Waals surface area (Å²) in [7, 11) is 1.54. The van der Waals surface area contributed by atoms with E-state index in [4.69, 9.17) is 20.2 Å². The number of hydrogen-bond acceptors (Lipinski definition) is 7. The molecule has 0 radical (unpaired) electrons. The number of carbonyl (C=O) groups excluding carboxylic acids is 2. The number of anilines is 2. The maximum Gasteiger partial charge on any atom is 0.255 e. The fourth-order valence-corrected chi connectivity index (χ4v) is 4.97. The molecule has 3 N–H and O–H groups in total. The molecule has 0 aliphatic carbocycles. The van der Waals surface area contributed by atoms with Gasteiger partial charge in [-0.15, -0.1) is 0 Å². The highest BCUT2D eigenvalue weighted by atomic mass is 32.1. The summed E-state index contributed by atoms with van der Waals surface area (Å²) < 4.78 is 10.8. The summed E-state index contributed by atoms with van der Waals surface area (Å²) in [6.45, 7) is 1.79. The Morgan fingerprint density at radius 3 is 2.83 bits per heavy atom. The fourth-order valence-electron chi connectivity index (χ4n) is 3.77. The first kappa shape index (κ1) is 19.5. The Morgan fingerprint density at radius 2 is 2.10 bits per heavy atom. The number of primary amides is 1. The Morgan fingerprint density at radius 1 is 1.31 bits per heavy atom. The van der Waals surface area contributed by atoms with Crippen molar-refractivity contribution in [1.29, 1.82) is 0 Å². The van der Waals surface area contributed by atoms with Crippen LogP contribution in [0.3, 0.4) is 0 Å². The molecule has 1 atom stereocenters. The van der Waals surface area contributed by atoms with Gasteiger partial charge < -0.3 is 25.4 Å². The van der Waals surface area contributed by atoms with E-state index in [0.717, 1.165) is 28.7 Å². The molecule has 0 saturated carbocycles. The zero-order valence-electron chi connectivity index (χ0n) is 16.3. The van der Waals surface area contributed by atoms with Crippen molar-refractivity contribution in [3.63, 3.8) is 0 Å². The van der Waals surface area contributed by atoms with Crippen LogP contribution in [0, 0.1) is 0 Å². The monoisotopic (exact) mass is 416 g/mol. The lowest BCUT2D eigenvalue weighted by atomic mass is 9.91. The Labute approximate surface area is 173 Å². The average molecular weight is 417 g/mol. The topological polar surface area (TPSA) is 107 Å². The van der Waals surface area contributed by atoms with Crippen molar-refractivity contribution < 1.29 is 19.1 Å². The molecule has 2 aliphatic rings. The number of fused-ring (bicyclic) bond motifs is 1. The van der Waals surface area contributed by atoms with E-state index >= 15 is 0 Å². The molecule has 2 amide bonds. The first-order chi connectivity index (χ1) is 14.0. The van der Waals surface area contributed by atoms with Crippen LogP contribution in [0.15, 0.2) is 18.2 Å². The highest BCUT2D eigenvalue weighted by Gasteiger charge is 2.32. The second-order valence-electron chi connectivity index (χ2n) is 7.23. The molecule has 1 unspecified atom stereocenters. The minimum Gasteiger partial charge on any atom is -0.493 e. The smallest absolute Gasteiger partial charge is 0.255 e. The van der Waals surface area contributed by atoms with Crippen LogP contribution in [-0.4, -0.2) is 43.6 Å². The van der Waals surface area contributed by atoms with Gasteiger partial charge in [0.1, 0.15) is 5.82 Å². The number of benzene rings is 1. The maximum atomic E-state index is 12.3. The van der Waals surface area contributed by atoms with Gasteiger partial charge in [-0.2, -0.15) is 0 Å². The van der Waals surface area contributed by atoms with E-state index in [0.29, 0.717) is 23.7 Å². The van der Waals surface area contributed by atoms with Gasteiger partial charge in [-0.1, -0.05) is 17.4 Å². The summed E-state index contributed by atoms with van der Waals surface area (Å²) in [6.07, 6.45) is 3.94. The highest BCUT2D eigenvalue weighted by molar-refractivity contribution is 7.16. The van der Waals surface area contributed by atoms with Gasteiger partial charge in [0.15, 0.2) is 23.2 Å². The molecule has 154 valence electrons. The predicted octanol–water partition coefficient (Wildman–Crippen LogP) is 2.48. The lowest BCUT2D eigenvalue weighted by Crippen LogP contribution is -2.29. The number of nitrogens with two attached hydrogens (primary N) is 1. The highest BCUT2D eigenvalue weighted by Crippen LogP contribution is 2.45. The summed E-state index contributed by atoms with van der Waals surface area (Å²) in [5.41, 5.74) is 6.09. The summed E-state index contributed by atoms with van der Waals surface area (Å²) in [5.74, 6) is 0.885. The molecule has 1 aromatic heterocycles. The van der Waals surface area contributed by atoms with Crippen molar-refractivity contribution in [3.05, 3.63) is 28.6 Å². The summed E-state index contributed by atoms with van der Waals surface area (Å²) in [5, 5.41) is 3.89. The van der Waals surface area contributed by atoms with Gasteiger partial charge in [0, 0.05) is 25.4 Å². The van der Waals surface area contributed by atoms with Crippen molar-refractivity contribution in [1.82, 2.24) is 4.98 Å². The number of methoxy groups -OCH3 is 1. The molecule has 0 bridgehead atoms. The van der Waals surface area contributed by atoms with E-state index in [1.807, 2.05) is 12.1 Å². The second kappa shape index (κ2) is 8.28. The van der Waals surface area contributed by atoms with Crippen LogP contribution in [0.25, 0.3) is 0 Å². The Kier molecular flexibility index (Phi) is 5.57. The third-order valence-corrected chi connectivity index (χ3v) is 6.42. The number of thiazole rings is 1. The van der Waals surface area contributed by atoms with Gasteiger partial charge in [0.2, 0.25) is 5.91 Å². The van der Waals surface area contributed by atoms with Crippen LogP contribution < -0.4 is 25.4 Å². The average Bonchev–Trinajstić information content (AvgIpc) is 3.16. The molecular weight excluding hydrogens is 392 g/mol. The Balaban J connectivity index is 1.64. The molecule has 29 heavy (non-hydrogen) atoms. The number of aromatic nitrogens is 1. The van der Waals surface area contributed by atoms with E-state index < -0.39 is 5.91 Å². The van der Waals surface area contributed by atoms with Crippen LogP contribution in [0.5, 0.6) is 11.5 Å². The van der Waals surface area contributed by atoms with Crippen molar-refractivity contribution in [2.75, 3.05) is 37.0 Å². The number of ether oxygens (including phenoxy) is 2. The summed E-state index contributed by atoms with van der Waals surface area (Å²) in [6, 6.07) is 5.49. The van der Waals surface area contributed by atoms with Crippen molar-refractivity contribution in [2.24, 2.45) is 5.73 Å². The molecule has 4 rings (SSSR count). The van der Waals surface area contributed by atoms with Gasteiger partial charge in [-0.3, -0.25) is 9.59 Å². The minimum absolute atomic E-state index is 0.0500. The van der Waals surface area contributed by atoms with E-state index in [-0.39, 0.29) is 18.4 Å². The predicted molar refractivity (Wildman–Crippen MR) is 111 cm³/mol. The van der Waals surface area contributed by atoms with Crippen LogP contribution in [0.4, 0.5) is 10.9 Å². The first-order valence-electron chi connectivity index (χ1n) is 9.69. The third kappa shape index (κ3) is 4.14. The molecule has 0 spiro atoms. The van der Waals surface area contributed by atoms with Gasteiger partial charge in [0.05, 0.1) is 12.0 Å². The standard InChI is InChI=1S/C20H24N4O4S/c1-27-15-9-12(5-6-14(15)28-11-16(21)25)13-10-17(26)22-19-18(13)29-20(23-19)24-7-3-2-4-8-24/h5-6,9,13H,2-4,7-8,10-11H2,1H3,(H2,21,25)(H,22,26). The van der Waals surface area contributed by atoms with Crippen LogP contribution in [0.1, 0.15) is 42.0 Å². The SMILES string of the molecule is COc1cc(C2CC(=O)Nc3nc(N4CCCCC4)sc32)ccc1OCC(N)=O. The van der Waals surface area contributed by atoms with Crippen molar-refractivity contribution in [2.45, 2.75) is 31.6 Å². The molecule has 8 nitrogen and oxygen atoms in total. The zero-order valence-corrected chi connectivity index (χ0v) is 17.1. The number of nitrogens with one attached hydrogen (secondary N) is 1. The van der Waals surface area contributed by atoms with E-state index in [1.54, 1.807) is 17.4 Å². The van der Waals surface area contributed by atoms with Crippen LogP contribution in [-0.2, 0) is 9.59 Å². The largest absolute Gasteiger partial charge is 0.493 e. The molecule has 2 aromatic rings. The molecule has 1 fully saturated rings. The molecule has 9 heteroatoms. The van der Waals surface area contributed by atoms with E-state index in [1.165, 1.54) is 26.4 Å². The zero-order chi connectivity index (χ0) is 20.4. The second-order valence-corrected chi connectivity index (χ2v) is 8.24. The summed E-state index contributed by atoms with van der Waals surface area (Å²) >= 11 is 1.65. The number of rotatable bonds is 6. The molecular formula is C20H24N4O4S. The van der Waals surface area contributed by atoms with Gasteiger partial charge in [0.25, 0.3) is 5.91 Å². The van der Waals surface area contributed by atoms with Gasteiger partial charge >= 0.3 is 0 Å². The molecule has 3 heterocycles. The van der Waals surface area contributed by atoms with Crippen molar-refractivity contribution in [3.8, 4) is 11.5 Å². The quantitative estimate of drug-likeness (QED) is 0.749. The lowest BCUT2D eigenvalue weighted by molar-refractivity contribution is -0.120. The maximum absolute atomic E-state index is 12.3. The Bertz CT molecular complexity index is 923. The summed E-state index contributed by atoms with van der Waals surface area (Å²) in [4.78, 5) is 31.4. The van der Waals surface area contributed by atoms with E-state index in [9.17, 15) is 9.59 Å². The molecule has 1 aromatic carbocycles. The molecule has 2 aliphatic heterocycles. The van der Waals surface area contributed by atoms with Gasteiger partial charge in [-0.05, 0) is 37.0 Å². The van der Waals surface area contributed by atoms with Crippen molar-refractivity contribution >= 4 is 34.1 Å². The number of piperidine rings is 1. The third-order valence-electron chi connectivity index (χ3n) is 5.19. The Hall–Kier alpha value is -2.81.